The summed E-state index contributed by atoms with van der Waals surface area (Å²) in [7, 11) is 2.51. The predicted molar refractivity (Wildman–Crippen MR) is 213 cm³/mol. The lowest BCUT2D eigenvalue weighted by Crippen LogP contribution is -2.49. The Morgan fingerprint density at radius 1 is 0.650 bits per heavy atom. The highest BCUT2D eigenvalue weighted by atomic mass is 16.5. The third-order valence-electron chi connectivity index (χ3n) is 10.9. The van der Waals surface area contributed by atoms with Crippen LogP contribution in [-0.2, 0) is 31.9 Å². The van der Waals surface area contributed by atoms with Gasteiger partial charge in [-0.25, -0.2) is 19.6 Å². The molecule has 60 heavy (non-hydrogen) atoms. The number of nitrogens with zero attached hydrogens (tertiary/aromatic N) is 8. The summed E-state index contributed by atoms with van der Waals surface area (Å²) < 4.78 is 9.56. The summed E-state index contributed by atoms with van der Waals surface area (Å²) in [5.74, 6) is 0.844. The van der Waals surface area contributed by atoms with Crippen molar-refractivity contribution < 1.29 is 28.7 Å². The first-order chi connectivity index (χ1) is 29.3. The largest absolute Gasteiger partial charge is 0.453 e. The van der Waals surface area contributed by atoms with E-state index in [1.165, 1.54) is 14.2 Å². The molecule has 2 saturated heterocycles. The lowest BCUT2D eigenvalue weighted by Gasteiger charge is -2.27. The zero-order chi connectivity index (χ0) is 41.6. The van der Waals surface area contributed by atoms with Crippen LogP contribution in [0.1, 0.15) is 60.8 Å². The minimum atomic E-state index is -0.883. The van der Waals surface area contributed by atoms with Gasteiger partial charge in [0.1, 0.15) is 23.7 Å². The van der Waals surface area contributed by atoms with Crippen molar-refractivity contribution in [3.05, 3.63) is 96.4 Å². The Balaban J connectivity index is 0.912. The molecule has 0 bridgehead atoms. The van der Waals surface area contributed by atoms with Crippen molar-refractivity contribution in [2.24, 2.45) is 0 Å². The van der Waals surface area contributed by atoms with E-state index in [0.29, 0.717) is 36.1 Å². The van der Waals surface area contributed by atoms with Gasteiger partial charge in [-0.1, -0.05) is 59.0 Å². The Kier molecular flexibility index (Phi) is 11.6. The number of hydrogen-bond acceptors (Lipinski definition) is 12. The molecule has 4 amide bonds. The van der Waals surface area contributed by atoms with Gasteiger partial charge in [-0.3, -0.25) is 19.8 Å². The molecule has 6 aromatic rings. The number of hydrogen-bond donors (Lipinski definition) is 6. The number of aromatic amines is 4. The third kappa shape index (κ3) is 8.57. The molecule has 0 saturated carbocycles. The van der Waals surface area contributed by atoms with Crippen molar-refractivity contribution in [1.82, 2.24) is 71.2 Å². The van der Waals surface area contributed by atoms with E-state index in [0.717, 1.165) is 59.3 Å². The van der Waals surface area contributed by atoms with Crippen molar-refractivity contribution >= 4 is 24.0 Å². The molecule has 0 aliphatic carbocycles. The Hall–Kier alpha value is -7.38. The maximum absolute atomic E-state index is 13.8. The molecule has 4 atom stereocenters. The molecule has 2 aliphatic heterocycles. The first kappa shape index (κ1) is 39.4. The summed E-state index contributed by atoms with van der Waals surface area (Å²) >= 11 is 0. The molecule has 2 aliphatic rings. The standard InChI is InChI=1S/C40H44N14O6/c1-59-39(57)47-29(17-27-19-43-51-49-27)37(55)53-15-3-5-33(53)35-41-21-31(45-35)25-11-7-23(8-12-25)24-9-13-26(14-10-24)32-22-42-36(46-32)34-6-4-16-54(34)38(56)30(48-40(58)60-2)18-28-20-44-52-50-28/h7-14,19-22,29-30,33-34H,3-6,15-18H2,1-2H3,(H,41,45)(H,42,46)(H,47,57)(H,48,58)(H,43,49,51)(H,44,50,52)/t29-,30+,33-,34-/m0/s1. The van der Waals surface area contributed by atoms with Crippen LogP contribution >= 0.6 is 0 Å². The number of alkyl carbamates (subject to hydrolysis) is 2. The summed E-state index contributed by atoms with van der Waals surface area (Å²) in [6.45, 7) is 1.05. The molecule has 310 valence electrons. The van der Waals surface area contributed by atoms with Crippen LogP contribution in [-0.4, -0.2) is 124 Å². The number of carbonyl (C=O) groups excluding carboxylic acids is 4. The molecule has 20 heteroatoms. The monoisotopic (exact) mass is 816 g/mol. The zero-order valence-electron chi connectivity index (χ0n) is 32.9. The van der Waals surface area contributed by atoms with Crippen molar-refractivity contribution in [3.8, 4) is 33.6 Å². The molecule has 0 radical (unpaired) electrons. The lowest BCUT2D eigenvalue weighted by atomic mass is 10.0. The van der Waals surface area contributed by atoms with Gasteiger partial charge < -0.3 is 39.9 Å². The smallest absolute Gasteiger partial charge is 0.407 e. The van der Waals surface area contributed by atoms with Gasteiger partial charge in [0.25, 0.3) is 0 Å². The second kappa shape index (κ2) is 17.6. The average Bonchev–Trinajstić information content (AvgIpc) is 4.12. The first-order valence-corrected chi connectivity index (χ1v) is 19.6. The second-order valence-electron chi connectivity index (χ2n) is 14.6. The Morgan fingerprint density at radius 3 is 1.42 bits per heavy atom. The number of benzene rings is 2. The van der Waals surface area contributed by atoms with E-state index in [1.807, 2.05) is 48.5 Å². The quantitative estimate of drug-likeness (QED) is 0.0977. The Bertz CT molecular complexity index is 2230. The van der Waals surface area contributed by atoms with Crippen molar-refractivity contribution in [3.63, 3.8) is 0 Å². The number of carbonyl (C=O) groups is 4. The normalized spacial score (nSPS) is 17.3. The topological polar surface area (TPSA) is 258 Å². The Labute approximate surface area is 343 Å². The highest BCUT2D eigenvalue weighted by Crippen LogP contribution is 2.35. The number of aromatic nitrogens is 10. The van der Waals surface area contributed by atoms with Gasteiger partial charge in [-0.2, -0.15) is 0 Å². The number of rotatable bonds is 13. The van der Waals surface area contributed by atoms with Crippen LogP contribution in [0.15, 0.2) is 73.3 Å². The summed E-state index contributed by atoms with van der Waals surface area (Å²) in [5, 5.41) is 26.0. The van der Waals surface area contributed by atoms with Crippen LogP contribution in [0.5, 0.6) is 0 Å². The SMILES string of the molecule is COC(=O)N[C@@H](Cc1c[nH]nn1)C(=O)N1CCC[C@H]1c1ncc(-c2ccc(-c3ccc(-c4cnc([C@@H]5CCCN5C(=O)[C@@H](Cc5c[nH]nn5)NC(=O)OC)[nH]4)cc3)cc2)[nH]1. The van der Waals surface area contributed by atoms with E-state index >= 15 is 0 Å². The molecule has 4 aromatic heterocycles. The molecule has 6 N–H and O–H groups in total. The number of imidazole rings is 2. The maximum Gasteiger partial charge on any atom is 0.407 e. The van der Waals surface area contributed by atoms with Gasteiger partial charge in [0.15, 0.2) is 0 Å². The van der Waals surface area contributed by atoms with Crippen LogP contribution in [0, 0.1) is 0 Å². The first-order valence-electron chi connectivity index (χ1n) is 19.6. The zero-order valence-corrected chi connectivity index (χ0v) is 32.9. The lowest BCUT2D eigenvalue weighted by molar-refractivity contribution is -0.135. The van der Waals surface area contributed by atoms with Crippen LogP contribution in [0.2, 0.25) is 0 Å². The fourth-order valence-corrected chi connectivity index (χ4v) is 7.89. The van der Waals surface area contributed by atoms with Gasteiger partial charge >= 0.3 is 12.2 Å². The number of H-pyrrole nitrogens is 4. The van der Waals surface area contributed by atoms with E-state index < -0.39 is 24.3 Å². The third-order valence-corrected chi connectivity index (χ3v) is 10.9. The van der Waals surface area contributed by atoms with Crippen molar-refractivity contribution in [1.29, 1.82) is 0 Å². The fourth-order valence-electron chi connectivity index (χ4n) is 7.89. The van der Waals surface area contributed by atoms with Crippen LogP contribution in [0.25, 0.3) is 33.6 Å². The van der Waals surface area contributed by atoms with Crippen LogP contribution in [0.3, 0.4) is 0 Å². The number of methoxy groups -OCH3 is 2. The minimum Gasteiger partial charge on any atom is -0.453 e. The fraction of sp³-hybridized carbons (Fsp3) is 0.350. The highest BCUT2D eigenvalue weighted by molar-refractivity contribution is 5.87. The number of amides is 4. The average molecular weight is 817 g/mol. The maximum atomic E-state index is 13.8. The van der Waals surface area contributed by atoms with Gasteiger partial charge in [0, 0.05) is 38.3 Å². The summed E-state index contributed by atoms with van der Waals surface area (Å²) in [6, 6.07) is 14.0. The minimum absolute atomic E-state index is 0.159. The molecule has 2 aromatic carbocycles. The molecule has 6 heterocycles. The highest BCUT2D eigenvalue weighted by Gasteiger charge is 2.38. The predicted octanol–water partition coefficient (Wildman–Crippen LogP) is 3.63. The van der Waals surface area contributed by atoms with Crippen LogP contribution in [0.4, 0.5) is 9.59 Å². The van der Waals surface area contributed by atoms with Crippen molar-refractivity contribution in [2.75, 3.05) is 27.3 Å². The van der Waals surface area contributed by atoms with Gasteiger partial charge in [0.05, 0.1) is 61.5 Å². The van der Waals surface area contributed by atoms with E-state index in [1.54, 1.807) is 34.6 Å². The van der Waals surface area contributed by atoms with Crippen LogP contribution < -0.4 is 10.6 Å². The number of likely N-dealkylation sites (tertiary alicyclic amines) is 2. The summed E-state index contributed by atoms with van der Waals surface area (Å²) in [4.78, 5) is 71.5. The second-order valence-corrected chi connectivity index (χ2v) is 14.6. The number of nitrogens with one attached hydrogen (secondary N) is 6. The molecule has 8 rings (SSSR count). The Morgan fingerprint density at radius 2 is 1.05 bits per heavy atom. The van der Waals surface area contributed by atoms with Crippen molar-refractivity contribution in [2.45, 2.75) is 62.7 Å². The summed E-state index contributed by atoms with van der Waals surface area (Å²) in [5.41, 5.74) is 6.66. The molecule has 0 unspecified atom stereocenters. The molecular weight excluding hydrogens is 773 g/mol. The van der Waals surface area contributed by atoms with Gasteiger partial charge in [0.2, 0.25) is 11.8 Å². The molecule has 0 spiro atoms. The number of ether oxygens (including phenoxy) is 2. The molecule has 20 nitrogen and oxygen atoms in total. The van der Waals surface area contributed by atoms with E-state index in [-0.39, 0.29) is 36.7 Å². The van der Waals surface area contributed by atoms with E-state index in [2.05, 4.69) is 61.4 Å². The van der Waals surface area contributed by atoms with E-state index in [4.69, 9.17) is 9.47 Å². The summed E-state index contributed by atoms with van der Waals surface area (Å²) in [6.07, 6.45) is 8.67. The van der Waals surface area contributed by atoms with E-state index in [9.17, 15) is 19.2 Å². The van der Waals surface area contributed by atoms with Gasteiger partial charge in [-0.15, -0.1) is 10.2 Å². The van der Waals surface area contributed by atoms with Gasteiger partial charge in [-0.05, 0) is 47.9 Å². The molecule has 2 fully saturated rings. The molecular formula is C40H44N14O6.